The predicted octanol–water partition coefficient (Wildman–Crippen LogP) is 2.00. The van der Waals surface area contributed by atoms with Crippen LogP contribution in [0.2, 0.25) is 0 Å². The fraction of sp³-hybridized carbons (Fsp3) is 0.773. The Hall–Kier alpha value is -2.13. The summed E-state index contributed by atoms with van der Waals surface area (Å²) in [4.78, 5) is 28.4. The van der Waals surface area contributed by atoms with Crippen LogP contribution < -0.4 is 15.0 Å². The molecule has 31 heavy (non-hydrogen) atoms. The maximum absolute atomic E-state index is 12.5. The summed E-state index contributed by atoms with van der Waals surface area (Å²) in [6.07, 6.45) is 2.11. The van der Waals surface area contributed by atoms with Gasteiger partial charge in [0.1, 0.15) is 18.0 Å². The molecular weight excluding hydrogens is 396 g/mol. The summed E-state index contributed by atoms with van der Waals surface area (Å²) in [7, 11) is 2.14. The third-order valence-electron chi connectivity index (χ3n) is 6.27. The molecule has 9 heteroatoms. The van der Waals surface area contributed by atoms with Gasteiger partial charge in [-0.1, -0.05) is 0 Å². The molecule has 3 aliphatic heterocycles. The van der Waals surface area contributed by atoms with Gasteiger partial charge in [-0.05, 0) is 54.1 Å². The Bertz CT molecular complexity index is 811. The van der Waals surface area contributed by atoms with Crippen molar-refractivity contribution in [3.05, 3.63) is 11.3 Å². The average molecular weight is 433 g/mol. The molecule has 172 valence electrons. The van der Waals surface area contributed by atoms with Crippen LogP contribution in [0.4, 0.5) is 10.6 Å². The maximum atomic E-state index is 12.5. The molecular formula is C22H36N6O3. The van der Waals surface area contributed by atoms with E-state index in [2.05, 4.69) is 34.1 Å². The third kappa shape index (κ3) is 5.03. The van der Waals surface area contributed by atoms with E-state index in [0.717, 1.165) is 43.1 Å². The third-order valence-corrected chi connectivity index (χ3v) is 6.27. The smallest absolute Gasteiger partial charge is 0.410 e. The molecule has 1 aromatic heterocycles. The molecule has 2 fully saturated rings. The highest BCUT2D eigenvalue weighted by Gasteiger charge is 2.33. The number of hydrogen-bond donors (Lipinski definition) is 1. The number of rotatable bonds is 4. The topological polar surface area (TPSA) is 83.1 Å². The highest BCUT2D eigenvalue weighted by Crippen LogP contribution is 2.30. The molecule has 2 atom stereocenters. The van der Waals surface area contributed by atoms with E-state index >= 15 is 0 Å². The minimum absolute atomic E-state index is 0.120. The molecule has 1 amide bonds. The van der Waals surface area contributed by atoms with Gasteiger partial charge in [0.25, 0.3) is 0 Å². The van der Waals surface area contributed by atoms with Crippen LogP contribution in [0.1, 0.15) is 51.8 Å². The van der Waals surface area contributed by atoms with Crippen molar-refractivity contribution in [2.45, 2.75) is 71.3 Å². The molecule has 0 unspecified atom stereocenters. The van der Waals surface area contributed by atoms with E-state index in [4.69, 9.17) is 14.5 Å². The number of fused-ring (bicyclic) bond motifs is 1. The number of likely N-dealkylation sites (tertiary alicyclic amines) is 1. The van der Waals surface area contributed by atoms with Gasteiger partial charge in [-0.3, -0.25) is 0 Å². The van der Waals surface area contributed by atoms with Crippen LogP contribution >= 0.6 is 0 Å². The molecule has 4 rings (SSSR count). The molecule has 2 saturated heterocycles. The van der Waals surface area contributed by atoms with E-state index in [9.17, 15) is 4.79 Å². The van der Waals surface area contributed by atoms with E-state index in [1.807, 2.05) is 20.8 Å². The highest BCUT2D eigenvalue weighted by molar-refractivity contribution is 5.69. The van der Waals surface area contributed by atoms with Crippen molar-refractivity contribution < 1.29 is 14.3 Å². The number of ether oxygens (including phenoxy) is 2. The van der Waals surface area contributed by atoms with Crippen molar-refractivity contribution in [1.29, 1.82) is 0 Å². The lowest BCUT2D eigenvalue weighted by atomic mass is 10.1. The Morgan fingerprint density at radius 3 is 2.68 bits per heavy atom. The van der Waals surface area contributed by atoms with E-state index in [1.165, 1.54) is 6.42 Å². The van der Waals surface area contributed by atoms with Gasteiger partial charge in [-0.2, -0.15) is 9.97 Å². The Balaban J connectivity index is 1.47. The number of carbonyl (C=O) groups is 1. The molecule has 0 saturated carbocycles. The zero-order valence-electron chi connectivity index (χ0n) is 19.5. The number of anilines is 1. The van der Waals surface area contributed by atoms with Crippen LogP contribution in [0.3, 0.4) is 0 Å². The summed E-state index contributed by atoms with van der Waals surface area (Å²) >= 11 is 0. The zero-order valence-corrected chi connectivity index (χ0v) is 19.5. The number of nitrogens with zero attached hydrogens (tertiary/aromatic N) is 5. The summed E-state index contributed by atoms with van der Waals surface area (Å²) in [5.41, 5.74) is 1.67. The second-order valence-electron chi connectivity index (χ2n) is 9.92. The van der Waals surface area contributed by atoms with E-state index in [-0.39, 0.29) is 12.1 Å². The lowest BCUT2D eigenvalue weighted by Crippen LogP contribution is -2.55. The average Bonchev–Trinajstić information content (AvgIpc) is 3.33. The van der Waals surface area contributed by atoms with Gasteiger partial charge in [-0.15, -0.1) is 0 Å². The number of amides is 1. The number of nitrogens with one attached hydrogen (secondary N) is 1. The molecule has 0 aromatic carbocycles. The number of carbonyl (C=O) groups excluding carboxylic acids is 1. The van der Waals surface area contributed by atoms with Crippen molar-refractivity contribution >= 4 is 11.9 Å². The minimum Gasteiger partial charge on any atom is -0.462 e. The lowest BCUT2D eigenvalue weighted by molar-refractivity contribution is 0.0218. The SMILES string of the molecule is C[C@H]1CN(C(=O)OC(C)(C)C)CCN1c1nc(OC[C@@H]2CCCN2C)nc2c1CNC2. The van der Waals surface area contributed by atoms with Crippen LogP contribution in [0.5, 0.6) is 6.01 Å². The first-order chi connectivity index (χ1) is 14.7. The Kier molecular flexibility index (Phi) is 6.25. The molecule has 9 nitrogen and oxygen atoms in total. The van der Waals surface area contributed by atoms with Crippen LogP contribution in [0.25, 0.3) is 0 Å². The van der Waals surface area contributed by atoms with E-state index < -0.39 is 5.60 Å². The fourth-order valence-corrected chi connectivity index (χ4v) is 4.56. The standard InChI is InChI=1S/C22H36N6O3/c1-15-13-27(21(29)31-22(2,3)4)9-10-28(15)19-17-11-23-12-18(17)24-20(25-19)30-14-16-7-6-8-26(16)5/h15-16,23H,6-14H2,1-5H3/t15-,16-/m0/s1. The quantitative estimate of drug-likeness (QED) is 0.774. The molecule has 0 spiro atoms. The fourth-order valence-electron chi connectivity index (χ4n) is 4.56. The lowest BCUT2D eigenvalue weighted by Gasteiger charge is -2.41. The summed E-state index contributed by atoms with van der Waals surface area (Å²) < 4.78 is 11.6. The van der Waals surface area contributed by atoms with E-state index in [1.54, 1.807) is 4.90 Å². The van der Waals surface area contributed by atoms with Gasteiger partial charge < -0.3 is 29.5 Å². The zero-order chi connectivity index (χ0) is 22.2. The predicted molar refractivity (Wildman–Crippen MR) is 118 cm³/mol. The van der Waals surface area contributed by atoms with E-state index in [0.29, 0.717) is 38.3 Å². The first kappa shape index (κ1) is 22.1. The molecule has 1 N–H and O–H groups in total. The van der Waals surface area contributed by atoms with Gasteiger partial charge in [-0.25, -0.2) is 4.79 Å². The van der Waals surface area contributed by atoms with Gasteiger partial charge >= 0.3 is 12.1 Å². The van der Waals surface area contributed by atoms with Crippen molar-refractivity contribution in [1.82, 2.24) is 25.1 Å². The maximum Gasteiger partial charge on any atom is 0.410 e. The molecule has 1 aromatic rings. The monoisotopic (exact) mass is 432 g/mol. The second kappa shape index (κ2) is 8.78. The highest BCUT2D eigenvalue weighted by atomic mass is 16.6. The van der Waals surface area contributed by atoms with Crippen molar-refractivity contribution in [3.63, 3.8) is 0 Å². The number of piperazine rings is 1. The van der Waals surface area contributed by atoms with Gasteiger partial charge in [0.05, 0.1) is 5.69 Å². The Morgan fingerprint density at radius 2 is 2.00 bits per heavy atom. The second-order valence-corrected chi connectivity index (χ2v) is 9.92. The Morgan fingerprint density at radius 1 is 1.19 bits per heavy atom. The van der Waals surface area contributed by atoms with Crippen LogP contribution in [0.15, 0.2) is 0 Å². The minimum atomic E-state index is -0.490. The Labute approximate surface area is 185 Å². The summed E-state index contributed by atoms with van der Waals surface area (Å²) in [5.74, 6) is 0.932. The number of hydrogen-bond acceptors (Lipinski definition) is 8. The summed E-state index contributed by atoms with van der Waals surface area (Å²) in [5, 5.41) is 3.39. The van der Waals surface area contributed by atoms with Gasteiger partial charge in [0.15, 0.2) is 0 Å². The van der Waals surface area contributed by atoms with Crippen LogP contribution in [-0.2, 0) is 17.8 Å². The first-order valence-electron chi connectivity index (χ1n) is 11.4. The number of aromatic nitrogens is 2. The summed E-state index contributed by atoms with van der Waals surface area (Å²) in [6.45, 7) is 12.9. The number of likely N-dealkylation sites (N-methyl/N-ethyl adjacent to an activating group) is 1. The summed E-state index contributed by atoms with van der Waals surface area (Å²) in [6, 6.07) is 1.00. The van der Waals surface area contributed by atoms with Crippen LogP contribution in [-0.4, -0.2) is 83.4 Å². The normalized spacial score (nSPS) is 24.4. The van der Waals surface area contributed by atoms with Crippen molar-refractivity contribution in [3.8, 4) is 6.01 Å². The largest absolute Gasteiger partial charge is 0.462 e. The molecule has 0 aliphatic carbocycles. The molecule has 0 radical (unpaired) electrons. The van der Waals surface area contributed by atoms with Gasteiger partial charge in [0, 0.05) is 50.4 Å². The molecule has 4 heterocycles. The van der Waals surface area contributed by atoms with Gasteiger partial charge in [0.2, 0.25) is 0 Å². The van der Waals surface area contributed by atoms with Crippen molar-refractivity contribution in [2.75, 3.05) is 44.7 Å². The first-order valence-corrected chi connectivity index (χ1v) is 11.4. The molecule has 3 aliphatic rings. The van der Waals surface area contributed by atoms with Crippen LogP contribution in [0, 0.1) is 0 Å². The van der Waals surface area contributed by atoms with Crippen molar-refractivity contribution in [2.24, 2.45) is 0 Å². The molecule has 0 bridgehead atoms.